The van der Waals surface area contributed by atoms with Crippen molar-refractivity contribution in [2.24, 2.45) is 4.99 Å². The summed E-state index contributed by atoms with van der Waals surface area (Å²) in [4.78, 5) is 56.8. The van der Waals surface area contributed by atoms with Gasteiger partial charge >= 0.3 is 5.69 Å². The zero-order valence-electron chi connectivity index (χ0n) is 48.1. The zero-order valence-corrected chi connectivity index (χ0v) is 49.6. The lowest BCUT2D eigenvalue weighted by Gasteiger charge is -2.15. The Morgan fingerprint density at radius 3 is 2.04 bits per heavy atom. The van der Waals surface area contributed by atoms with E-state index in [0.717, 1.165) is 55.7 Å². The van der Waals surface area contributed by atoms with E-state index in [1.807, 2.05) is 82.3 Å². The number of hydrogen-bond donors (Lipinski definition) is 0. The van der Waals surface area contributed by atoms with Crippen LogP contribution in [0.25, 0.3) is 38.1 Å². The second-order valence-corrected chi connectivity index (χ2v) is 21.7. The molecule has 0 bridgehead atoms. The number of benzene rings is 2. The number of carbonyl (C=O) groups excluding carboxylic acids is 2. The van der Waals surface area contributed by atoms with Gasteiger partial charge < -0.3 is 42.3 Å². The van der Waals surface area contributed by atoms with Gasteiger partial charge in [-0.1, -0.05) is 29.8 Å². The zero-order chi connectivity index (χ0) is 58.4. The standard InChI is InChI=1S/C61H71ClN8O12S/c1-38-36-82-41(4)55(38)49-32-51-48(33-54(49)74-7)58-53(34-64-51)68(61(73)69(58)40(3)50-12-8-9-17-63-50)35-47(72)37-81-30-29-80-28-27-79-26-25-78-24-23-77-22-21-76-20-19-75-18-10-11-46(71)31-52-59-67-66-43(6)70(59)60-56(39(2)42(5)83-60)57(65-52)44-13-15-45(62)16-14-44/h8-9,12-17,32-34,36,40,52H,10-11,18-31,35,37H2,1-7H3/t40-,52+/m1/s1. The van der Waals surface area contributed by atoms with Crippen LogP contribution in [0, 0.1) is 34.6 Å². The summed E-state index contributed by atoms with van der Waals surface area (Å²) in [7, 11) is 1.61. The van der Waals surface area contributed by atoms with E-state index in [1.54, 1.807) is 41.7 Å². The van der Waals surface area contributed by atoms with E-state index in [2.05, 4.69) is 33.6 Å². The van der Waals surface area contributed by atoms with Crippen molar-refractivity contribution in [3.8, 4) is 21.9 Å². The molecule has 9 rings (SSSR count). The van der Waals surface area contributed by atoms with E-state index in [-0.39, 0.29) is 50.0 Å². The van der Waals surface area contributed by atoms with Crippen molar-refractivity contribution >= 4 is 62.2 Å². The molecular formula is C61H71ClN8O12S. The molecule has 83 heavy (non-hydrogen) atoms. The number of nitrogens with zero attached hydrogens (tertiary/aromatic N) is 8. The van der Waals surface area contributed by atoms with Gasteiger partial charge in [0.15, 0.2) is 11.6 Å². The number of furan rings is 1. The number of aromatic nitrogens is 7. The molecule has 0 aliphatic carbocycles. The number of Topliss-reactive ketones (excluding diaryl/α,β-unsaturated/α-hetero) is 2. The summed E-state index contributed by atoms with van der Waals surface area (Å²) in [6, 6.07) is 16.1. The predicted octanol–water partition coefficient (Wildman–Crippen LogP) is 9.48. The van der Waals surface area contributed by atoms with Crippen LogP contribution in [-0.4, -0.2) is 151 Å². The predicted molar refractivity (Wildman–Crippen MR) is 316 cm³/mol. The fraction of sp³-hybridized carbons (Fsp3) is 0.443. The lowest BCUT2D eigenvalue weighted by atomic mass is 9.99. The molecule has 0 radical (unpaired) electrons. The molecule has 440 valence electrons. The molecule has 0 N–H and O–H groups in total. The molecule has 2 aromatic carbocycles. The van der Waals surface area contributed by atoms with E-state index >= 15 is 0 Å². The monoisotopic (exact) mass is 1170 g/mol. The Labute approximate surface area is 490 Å². The molecular weight excluding hydrogens is 1100 g/mol. The number of ether oxygens (including phenoxy) is 8. The Bertz CT molecular complexity index is 3570. The Morgan fingerprint density at radius 1 is 0.771 bits per heavy atom. The number of ketones is 2. The molecule has 8 aromatic rings. The average molecular weight is 1180 g/mol. The summed E-state index contributed by atoms with van der Waals surface area (Å²) >= 11 is 7.93. The molecule has 7 heterocycles. The van der Waals surface area contributed by atoms with Gasteiger partial charge in [0.2, 0.25) is 0 Å². The van der Waals surface area contributed by atoms with Crippen molar-refractivity contribution in [2.75, 3.05) is 99.6 Å². The van der Waals surface area contributed by atoms with Crippen LogP contribution in [0.1, 0.15) is 88.5 Å². The van der Waals surface area contributed by atoms with Gasteiger partial charge in [0.1, 0.15) is 40.8 Å². The van der Waals surface area contributed by atoms with E-state index in [9.17, 15) is 14.4 Å². The summed E-state index contributed by atoms with van der Waals surface area (Å²) in [5.74, 6) is 2.56. The summed E-state index contributed by atoms with van der Waals surface area (Å²) in [5, 5.41) is 11.3. The lowest BCUT2D eigenvalue weighted by Crippen LogP contribution is -2.30. The van der Waals surface area contributed by atoms with Crippen molar-refractivity contribution in [3.63, 3.8) is 0 Å². The quantitative estimate of drug-likeness (QED) is 0.0350. The van der Waals surface area contributed by atoms with Gasteiger partial charge in [-0.3, -0.25) is 38.3 Å². The normalized spacial score (nSPS) is 13.6. The summed E-state index contributed by atoms with van der Waals surface area (Å²) in [6.45, 7) is 16.4. The van der Waals surface area contributed by atoms with Gasteiger partial charge in [0, 0.05) is 63.2 Å². The number of pyridine rings is 2. The van der Waals surface area contributed by atoms with Gasteiger partial charge in [-0.15, -0.1) is 21.5 Å². The number of hydrogen-bond acceptors (Lipinski definition) is 18. The highest BCUT2D eigenvalue weighted by molar-refractivity contribution is 7.15. The molecule has 22 heteroatoms. The molecule has 0 amide bonds. The molecule has 20 nitrogen and oxygen atoms in total. The van der Waals surface area contributed by atoms with Crippen LogP contribution >= 0.6 is 22.9 Å². The number of aryl methyl sites for hydroxylation is 4. The molecule has 1 aliphatic rings. The molecule has 0 saturated carbocycles. The van der Waals surface area contributed by atoms with Crippen LogP contribution in [0.5, 0.6) is 5.75 Å². The van der Waals surface area contributed by atoms with Crippen LogP contribution in [0.15, 0.2) is 87.5 Å². The lowest BCUT2D eigenvalue weighted by molar-refractivity contribution is -0.124. The fourth-order valence-electron chi connectivity index (χ4n) is 10.1. The Balaban J connectivity index is 0.601. The first kappa shape index (κ1) is 60.8. The van der Waals surface area contributed by atoms with E-state index < -0.39 is 12.1 Å². The van der Waals surface area contributed by atoms with Gasteiger partial charge in [-0.05, 0) is 95.5 Å². The molecule has 2 atom stereocenters. The highest BCUT2D eigenvalue weighted by Crippen LogP contribution is 2.42. The number of halogens is 1. The number of thiophene rings is 1. The minimum Gasteiger partial charge on any atom is -0.496 e. The third-order valence-corrected chi connectivity index (χ3v) is 15.8. The van der Waals surface area contributed by atoms with Gasteiger partial charge in [-0.2, -0.15) is 0 Å². The van der Waals surface area contributed by atoms with Crippen LogP contribution in [-0.2, 0) is 49.3 Å². The summed E-state index contributed by atoms with van der Waals surface area (Å²) in [6.07, 6.45) is 6.18. The SMILES string of the molecule is COc1cc2c(cc1-c1c(C)coc1C)ncc1c2n([C@H](C)c2ccccn2)c(=O)n1CC(=O)COCCOCCOCCOCCOCCOCCOCCCC(=O)C[C@@H]1N=C(c2ccc(Cl)cc2)c2c(sc(C)c2C)-n2c(C)nnc21. The minimum absolute atomic E-state index is 0.0800. The number of rotatable bonds is 33. The topological polar surface area (TPSA) is 217 Å². The van der Waals surface area contributed by atoms with Crippen LogP contribution < -0.4 is 10.4 Å². The molecule has 6 aromatic heterocycles. The van der Waals surface area contributed by atoms with E-state index in [0.29, 0.717) is 130 Å². The highest BCUT2D eigenvalue weighted by atomic mass is 35.5. The minimum atomic E-state index is -0.491. The summed E-state index contributed by atoms with van der Waals surface area (Å²) in [5.41, 5.74) is 8.72. The Kier molecular flexibility index (Phi) is 21.3. The van der Waals surface area contributed by atoms with Gasteiger partial charge in [0.25, 0.3) is 0 Å². The fourth-order valence-corrected chi connectivity index (χ4v) is 11.5. The maximum absolute atomic E-state index is 14.3. The van der Waals surface area contributed by atoms with Crippen molar-refractivity contribution in [3.05, 3.63) is 139 Å². The maximum atomic E-state index is 14.3. The average Bonchev–Trinajstić information content (AvgIpc) is 3.27. The third kappa shape index (κ3) is 14.6. The van der Waals surface area contributed by atoms with E-state index in [4.69, 9.17) is 63.9 Å². The molecule has 1 aliphatic heterocycles. The second kappa shape index (κ2) is 29.1. The Hall–Kier alpha value is -6.79. The van der Waals surface area contributed by atoms with Crippen LogP contribution in [0.2, 0.25) is 5.02 Å². The van der Waals surface area contributed by atoms with Crippen molar-refractivity contribution in [1.82, 2.24) is 33.9 Å². The highest BCUT2D eigenvalue weighted by Gasteiger charge is 2.33. The first-order valence-corrected chi connectivity index (χ1v) is 29.0. The number of carbonyl (C=O) groups is 2. The number of aliphatic imine (C=N–C) groups is 1. The first-order valence-electron chi connectivity index (χ1n) is 27.9. The van der Waals surface area contributed by atoms with Crippen molar-refractivity contribution in [1.29, 1.82) is 0 Å². The van der Waals surface area contributed by atoms with Crippen LogP contribution in [0.4, 0.5) is 0 Å². The van der Waals surface area contributed by atoms with Crippen LogP contribution in [0.3, 0.4) is 0 Å². The first-order chi connectivity index (χ1) is 40.3. The Morgan fingerprint density at radius 2 is 1.42 bits per heavy atom. The smallest absolute Gasteiger partial charge is 0.330 e. The molecule has 0 unspecified atom stereocenters. The van der Waals surface area contributed by atoms with E-state index in [1.165, 1.54) is 9.44 Å². The summed E-state index contributed by atoms with van der Waals surface area (Å²) < 4.78 is 56.3. The van der Waals surface area contributed by atoms with Gasteiger partial charge in [0.05, 0.1) is 139 Å². The number of fused-ring (bicyclic) bond motifs is 6. The third-order valence-electron chi connectivity index (χ3n) is 14.4. The second-order valence-electron chi connectivity index (χ2n) is 20.1. The molecule has 0 saturated heterocycles. The van der Waals surface area contributed by atoms with Gasteiger partial charge in [-0.25, -0.2) is 4.79 Å². The maximum Gasteiger partial charge on any atom is 0.330 e. The van der Waals surface area contributed by atoms with Crippen molar-refractivity contribution in [2.45, 2.75) is 79.4 Å². The largest absolute Gasteiger partial charge is 0.496 e. The molecule has 0 fully saturated rings. The number of imidazole rings is 1. The molecule has 0 spiro atoms. The number of methoxy groups -OCH3 is 1. The van der Waals surface area contributed by atoms with Crippen molar-refractivity contribution < 1.29 is 51.9 Å².